The quantitative estimate of drug-likeness (QED) is 0.166. The molecule has 0 saturated heterocycles. The summed E-state index contributed by atoms with van der Waals surface area (Å²) >= 11 is 1.91. The molecular weight excluding hydrogens is 709 g/mol. The minimum absolute atomic E-state index is 1.06. The van der Waals surface area contributed by atoms with Gasteiger partial charge in [-0.25, -0.2) is 0 Å². The van der Waals surface area contributed by atoms with Crippen LogP contribution in [0, 0.1) is 0 Å². The van der Waals surface area contributed by atoms with Crippen molar-refractivity contribution in [3.05, 3.63) is 193 Å². The first kappa shape index (κ1) is 32.3. The van der Waals surface area contributed by atoms with E-state index in [1.807, 2.05) is 11.3 Å². The summed E-state index contributed by atoms with van der Waals surface area (Å²) in [6.07, 6.45) is 6.98. The highest BCUT2D eigenvalue weighted by Crippen LogP contribution is 2.44. The van der Waals surface area contributed by atoms with Gasteiger partial charge in [0, 0.05) is 58.3 Å². The number of nitrogens with zero attached hydrogens (tertiary/aromatic N) is 2. The van der Waals surface area contributed by atoms with Crippen molar-refractivity contribution in [1.29, 1.82) is 0 Å². The third-order valence-corrected chi connectivity index (χ3v) is 13.2. The molecule has 0 aliphatic heterocycles. The number of hydrogen-bond donors (Lipinski definition) is 0. The summed E-state index contributed by atoms with van der Waals surface area (Å²) in [5.41, 5.74) is 13.4. The lowest BCUT2D eigenvalue weighted by Gasteiger charge is -2.11. The summed E-state index contributed by atoms with van der Waals surface area (Å²) in [6, 6.07) is 67.1. The van der Waals surface area contributed by atoms with Crippen molar-refractivity contribution in [2.24, 2.45) is 0 Å². The normalized spacial score (nSPS) is 12.7. The van der Waals surface area contributed by atoms with Crippen molar-refractivity contribution in [3.8, 4) is 44.8 Å². The molecule has 8 aromatic carbocycles. The molecule has 2 nitrogen and oxygen atoms in total. The van der Waals surface area contributed by atoms with Crippen LogP contribution in [0.3, 0.4) is 0 Å². The van der Waals surface area contributed by atoms with Crippen molar-refractivity contribution in [2.75, 3.05) is 0 Å². The lowest BCUT2D eigenvalue weighted by Crippen LogP contribution is -2.30. The van der Waals surface area contributed by atoms with Crippen LogP contribution in [0.2, 0.25) is 0 Å². The van der Waals surface area contributed by atoms with Crippen molar-refractivity contribution >= 4 is 76.4 Å². The topological polar surface area (TPSA) is 9.86 Å². The van der Waals surface area contributed by atoms with E-state index in [-0.39, 0.29) is 0 Å². The second-order valence-corrected chi connectivity index (χ2v) is 16.2. The zero-order valence-electron chi connectivity index (χ0n) is 31.2. The molecule has 0 bridgehead atoms. The molecule has 268 valence electrons. The Hall–Kier alpha value is -6.94. The molecule has 0 atom stereocenters. The molecule has 0 fully saturated rings. The molecule has 57 heavy (non-hydrogen) atoms. The Morgan fingerprint density at radius 1 is 0.368 bits per heavy atom. The summed E-state index contributed by atoms with van der Waals surface area (Å²) in [6.45, 7) is 0. The standard InChI is InChI=1S/C54H36N2S/c1-3-12-35(13-4-1)37-22-26-41(27-23-37)55-48-20-9-7-18-43(48)46-33-39(24-29-49(46)55)40-25-30-50-47(34-40)53-51(31-28-45-44-19-8-10-21-52(44)57-54(45)53)56(50)42-17-11-16-38(32-42)36-14-5-2-6-15-36/h1-6,8,10-34H,7,9H2. The summed E-state index contributed by atoms with van der Waals surface area (Å²) in [5, 5.41) is 9.19. The highest BCUT2D eigenvalue weighted by Gasteiger charge is 2.20. The zero-order chi connectivity index (χ0) is 37.5. The molecule has 0 saturated carbocycles. The van der Waals surface area contributed by atoms with E-state index in [9.17, 15) is 0 Å². The van der Waals surface area contributed by atoms with Gasteiger partial charge in [-0.15, -0.1) is 11.3 Å². The maximum Gasteiger partial charge on any atom is 0.0555 e. The van der Waals surface area contributed by atoms with Crippen molar-refractivity contribution in [1.82, 2.24) is 9.13 Å². The van der Waals surface area contributed by atoms with Crippen molar-refractivity contribution in [2.45, 2.75) is 12.8 Å². The predicted octanol–water partition coefficient (Wildman–Crippen LogP) is 13.5. The van der Waals surface area contributed by atoms with E-state index in [4.69, 9.17) is 0 Å². The third kappa shape index (κ3) is 5.09. The fourth-order valence-corrected chi connectivity index (χ4v) is 10.5. The Morgan fingerprint density at radius 2 is 0.965 bits per heavy atom. The van der Waals surface area contributed by atoms with E-state index in [2.05, 4.69) is 203 Å². The largest absolute Gasteiger partial charge is 0.310 e. The SMILES string of the molecule is C1=c2c(n(-c3ccc(-c4ccccc4)cc3)c3ccc(-c4ccc5c(c4)c4c6sc7ccccc7c6ccc4n5-c4cccc(-c5ccccc5)c4)cc23)=CCC1. The first-order valence-corrected chi connectivity index (χ1v) is 20.6. The molecule has 11 aromatic rings. The fraction of sp³-hybridized carbons (Fsp3) is 0.0370. The monoisotopic (exact) mass is 744 g/mol. The third-order valence-electron chi connectivity index (χ3n) is 11.9. The van der Waals surface area contributed by atoms with Crippen LogP contribution in [-0.4, -0.2) is 9.13 Å². The van der Waals surface area contributed by atoms with Gasteiger partial charge in [-0.05, 0) is 107 Å². The van der Waals surface area contributed by atoms with Gasteiger partial charge in [0.15, 0.2) is 0 Å². The molecule has 0 unspecified atom stereocenters. The van der Waals surface area contributed by atoms with Crippen LogP contribution in [0.5, 0.6) is 0 Å². The number of rotatable bonds is 5. The van der Waals surface area contributed by atoms with E-state index in [1.165, 1.54) is 108 Å². The molecule has 3 heteroatoms. The molecule has 0 N–H and O–H groups in total. The number of thiophene rings is 1. The number of benzene rings is 8. The molecule has 3 heterocycles. The summed E-state index contributed by atoms with van der Waals surface area (Å²) < 4.78 is 7.60. The van der Waals surface area contributed by atoms with E-state index in [1.54, 1.807) is 0 Å². The Morgan fingerprint density at radius 3 is 1.75 bits per heavy atom. The van der Waals surface area contributed by atoms with E-state index >= 15 is 0 Å². The Bertz CT molecular complexity index is 3490. The number of hydrogen-bond acceptors (Lipinski definition) is 1. The first-order chi connectivity index (χ1) is 28.3. The Labute approximate surface area is 334 Å². The highest BCUT2D eigenvalue weighted by molar-refractivity contribution is 7.26. The van der Waals surface area contributed by atoms with Gasteiger partial charge in [0.2, 0.25) is 0 Å². The molecular formula is C54H36N2S. The van der Waals surface area contributed by atoms with Crippen molar-refractivity contribution in [3.63, 3.8) is 0 Å². The smallest absolute Gasteiger partial charge is 0.0555 e. The predicted molar refractivity (Wildman–Crippen MR) is 244 cm³/mol. The molecule has 3 aromatic heterocycles. The van der Waals surface area contributed by atoms with Gasteiger partial charge in [0.1, 0.15) is 0 Å². The van der Waals surface area contributed by atoms with Gasteiger partial charge in [0.25, 0.3) is 0 Å². The molecule has 0 radical (unpaired) electrons. The van der Waals surface area contributed by atoms with Gasteiger partial charge < -0.3 is 9.13 Å². The average Bonchev–Trinajstić information content (AvgIpc) is 3.94. The van der Waals surface area contributed by atoms with Crippen LogP contribution >= 0.6 is 11.3 Å². The first-order valence-electron chi connectivity index (χ1n) is 19.8. The van der Waals surface area contributed by atoms with Crippen molar-refractivity contribution < 1.29 is 0 Å². The lowest BCUT2D eigenvalue weighted by molar-refractivity contribution is 1.02. The van der Waals surface area contributed by atoms with Gasteiger partial charge in [0.05, 0.1) is 16.6 Å². The number of aromatic nitrogens is 2. The molecule has 1 aliphatic carbocycles. The lowest BCUT2D eigenvalue weighted by atomic mass is 10.00. The Kier molecular flexibility index (Phi) is 7.26. The number of fused-ring (bicyclic) bond motifs is 10. The second-order valence-electron chi connectivity index (χ2n) is 15.2. The van der Waals surface area contributed by atoms with Gasteiger partial charge >= 0.3 is 0 Å². The van der Waals surface area contributed by atoms with Crippen LogP contribution in [0.25, 0.3) is 110 Å². The summed E-state index contributed by atoms with van der Waals surface area (Å²) in [7, 11) is 0. The molecule has 0 spiro atoms. The molecule has 0 amide bonds. The van der Waals surface area contributed by atoms with Gasteiger partial charge in [-0.1, -0.05) is 133 Å². The van der Waals surface area contributed by atoms with Crippen LogP contribution in [0.1, 0.15) is 12.8 Å². The van der Waals surface area contributed by atoms with Crippen LogP contribution in [0.4, 0.5) is 0 Å². The summed E-state index contributed by atoms with van der Waals surface area (Å²) in [5.74, 6) is 0. The minimum Gasteiger partial charge on any atom is -0.310 e. The van der Waals surface area contributed by atoms with Crippen LogP contribution < -0.4 is 10.6 Å². The average molecular weight is 745 g/mol. The molecule has 12 rings (SSSR count). The van der Waals surface area contributed by atoms with Crippen LogP contribution in [0.15, 0.2) is 182 Å². The fourth-order valence-electron chi connectivity index (χ4n) is 9.29. The van der Waals surface area contributed by atoms with Gasteiger partial charge in [-0.3, -0.25) is 0 Å². The van der Waals surface area contributed by atoms with E-state index in [0.717, 1.165) is 12.8 Å². The maximum absolute atomic E-state index is 2.47. The second kappa shape index (κ2) is 12.8. The minimum atomic E-state index is 1.06. The zero-order valence-corrected chi connectivity index (χ0v) is 32.0. The highest BCUT2D eigenvalue weighted by atomic mass is 32.1. The maximum atomic E-state index is 2.47. The molecule has 1 aliphatic rings. The Balaban J connectivity index is 1.06. The van der Waals surface area contributed by atoms with Crippen LogP contribution in [-0.2, 0) is 0 Å². The van der Waals surface area contributed by atoms with E-state index < -0.39 is 0 Å². The van der Waals surface area contributed by atoms with Gasteiger partial charge in [-0.2, -0.15) is 0 Å². The van der Waals surface area contributed by atoms with E-state index in [0.29, 0.717) is 0 Å². The summed E-state index contributed by atoms with van der Waals surface area (Å²) in [4.78, 5) is 0.